The number of aromatic nitrogens is 2. The molecule has 0 fully saturated rings. The van der Waals surface area contributed by atoms with E-state index >= 15 is 0 Å². The monoisotopic (exact) mass is 352 g/mol. The maximum Gasteiger partial charge on any atom is 0.173 e. The van der Waals surface area contributed by atoms with Crippen molar-refractivity contribution in [1.29, 1.82) is 0 Å². The smallest absolute Gasteiger partial charge is 0.173 e. The Labute approximate surface area is 145 Å². The van der Waals surface area contributed by atoms with E-state index in [4.69, 9.17) is 33.3 Å². The van der Waals surface area contributed by atoms with Crippen molar-refractivity contribution in [2.45, 2.75) is 6.42 Å². The second-order valence-electron chi connectivity index (χ2n) is 4.54. The Morgan fingerprint density at radius 1 is 1.26 bits per heavy atom. The highest BCUT2D eigenvalue weighted by molar-refractivity contribution is 7.80. The van der Waals surface area contributed by atoms with E-state index in [1.165, 1.54) is 6.20 Å². The number of hydrogen-bond donors (Lipinski definition) is 2. The highest BCUT2D eigenvalue weighted by Gasteiger charge is 2.07. The number of thiocarbonyl (C=S) groups is 1. The van der Waals surface area contributed by atoms with Crippen molar-refractivity contribution in [1.82, 2.24) is 15.5 Å². The molecule has 0 aliphatic rings. The van der Waals surface area contributed by atoms with Crippen LogP contribution < -0.4 is 20.1 Å². The minimum atomic E-state index is 0.422. The quantitative estimate of drug-likeness (QED) is 0.774. The number of nitrogens with one attached hydrogen (secondary N) is 2. The average molecular weight is 353 g/mol. The lowest BCUT2D eigenvalue weighted by Gasteiger charge is -2.13. The van der Waals surface area contributed by atoms with Crippen LogP contribution in [0.3, 0.4) is 0 Å². The maximum absolute atomic E-state index is 5.99. The van der Waals surface area contributed by atoms with Gasteiger partial charge in [-0.15, -0.1) is 5.10 Å². The first-order valence-electron chi connectivity index (χ1n) is 6.87. The van der Waals surface area contributed by atoms with Crippen molar-refractivity contribution in [3.05, 3.63) is 41.0 Å². The van der Waals surface area contributed by atoms with Gasteiger partial charge in [0.05, 0.1) is 25.4 Å². The fourth-order valence-corrected chi connectivity index (χ4v) is 2.28. The first-order chi connectivity index (χ1) is 11.1. The molecule has 0 unspecified atom stereocenters. The molecule has 0 radical (unpaired) electrons. The average Bonchev–Trinajstić information content (AvgIpc) is 2.57. The van der Waals surface area contributed by atoms with E-state index in [2.05, 4.69) is 20.8 Å². The zero-order valence-electron chi connectivity index (χ0n) is 12.8. The Balaban J connectivity index is 1.89. The summed E-state index contributed by atoms with van der Waals surface area (Å²) in [5.41, 5.74) is 1.03. The van der Waals surface area contributed by atoms with Crippen LogP contribution in [0, 0.1) is 0 Å². The number of benzene rings is 1. The van der Waals surface area contributed by atoms with E-state index in [1.807, 2.05) is 18.2 Å². The lowest BCUT2D eigenvalue weighted by atomic mass is 10.1. The zero-order chi connectivity index (χ0) is 16.7. The molecule has 8 heteroatoms. The van der Waals surface area contributed by atoms with Crippen molar-refractivity contribution in [2.75, 3.05) is 26.1 Å². The first-order valence-corrected chi connectivity index (χ1v) is 7.65. The van der Waals surface area contributed by atoms with Crippen LogP contribution in [0.2, 0.25) is 5.02 Å². The summed E-state index contributed by atoms with van der Waals surface area (Å²) in [6.45, 7) is 0.618. The molecule has 23 heavy (non-hydrogen) atoms. The standard InChI is InChI=1S/C15H17ClN4O2S/c1-21-11-3-4-13(22-2)10(9-11)5-7-17-15(23)19-14-12(16)6-8-18-20-14/h3-4,6,8-9H,5,7H2,1-2H3,(H2,17,19,20,23). The van der Waals surface area contributed by atoms with Gasteiger partial charge in [0.1, 0.15) is 11.5 Å². The number of hydrogen-bond acceptors (Lipinski definition) is 5. The first kappa shape index (κ1) is 17.2. The molecule has 2 aromatic rings. The Morgan fingerprint density at radius 2 is 2.09 bits per heavy atom. The van der Waals surface area contributed by atoms with E-state index < -0.39 is 0 Å². The van der Waals surface area contributed by atoms with Crippen LogP contribution in [0.1, 0.15) is 5.56 Å². The number of methoxy groups -OCH3 is 2. The highest BCUT2D eigenvalue weighted by Crippen LogP contribution is 2.24. The van der Waals surface area contributed by atoms with Crippen molar-refractivity contribution in [2.24, 2.45) is 0 Å². The Hall–Kier alpha value is -2.12. The minimum Gasteiger partial charge on any atom is -0.497 e. The normalized spacial score (nSPS) is 10.0. The van der Waals surface area contributed by atoms with Gasteiger partial charge >= 0.3 is 0 Å². The van der Waals surface area contributed by atoms with Gasteiger partial charge in [-0.25, -0.2) is 0 Å². The number of anilines is 1. The van der Waals surface area contributed by atoms with E-state index in [1.54, 1.807) is 20.3 Å². The topological polar surface area (TPSA) is 68.3 Å². The van der Waals surface area contributed by atoms with Crippen molar-refractivity contribution < 1.29 is 9.47 Å². The van der Waals surface area contributed by atoms with Crippen molar-refractivity contribution in [3.63, 3.8) is 0 Å². The van der Waals surface area contributed by atoms with Gasteiger partial charge in [-0.3, -0.25) is 0 Å². The van der Waals surface area contributed by atoms with Crippen LogP contribution in [-0.2, 0) is 6.42 Å². The van der Waals surface area contributed by atoms with E-state index in [9.17, 15) is 0 Å². The molecule has 0 amide bonds. The largest absolute Gasteiger partial charge is 0.497 e. The number of ether oxygens (including phenoxy) is 2. The summed E-state index contributed by atoms with van der Waals surface area (Å²) in [5, 5.41) is 14.5. The summed E-state index contributed by atoms with van der Waals surface area (Å²) in [4.78, 5) is 0. The molecule has 0 saturated carbocycles. The molecule has 0 atom stereocenters. The lowest BCUT2D eigenvalue weighted by molar-refractivity contribution is 0.398. The fourth-order valence-electron chi connectivity index (χ4n) is 1.94. The van der Waals surface area contributed by atoms with Crippen LogP contribution in [-0.4, -0.2) is 36.1 Å². The van der Waals surface area contributed by atoms with Gasteiger partial charge in [-0.2, -0.15) is 5.10 Å². The molecule has 122 valence electrons. The number of rotatable bonds is 6. The lowest BCUT2D eigenvalue weighted by Crippen LogP contribution is -2.30. The molecular weight excluding hydrogens is 336 g/mol. The Morgan fingerprint density at radius 3 is 2.78 bits per heavy atom. The van der Waals surface area contributed by atoms with Crippen LogP contribution in [0.4, 0.5) is 5.82 Å². The van der Waals surface area contributed by atoms with Crippen molar-refractivity contribution >= 4 is 34.7 Å². The third kappa shape index (κ3) is 4.94. The molecule has 0 spiro atoms. The molecule has 0 saturated heterocycles. The zero-order valence-corrected chi connectivity index (χ0v) is 14.4. The summed E-state index contributed by atoms with van der Waals surface area (Å²) in [6, 6.07) is 7.32. The summed E-state index contributed by atoms with van der Waals surface area (Å²) in [6.07, 6.45) is 2.23. The molecule has 2 rings (SSSR count). The van der Waals surface area contributed by atoms with Gasteiger partial charge in [0.2, 0.25) is 0 Å². The Kier molecular flexibility index (Phi) is 6.37. The fraction of sp³-hybridized carbons (Fsp3) is 0.267. The molecule has 0 aliphatic carbocycles. The molecular formula is C15H17ClN4O2S. The predicted molar refractivity (Wildman–Crippen MR) is 94.5 cm³/mol. The number of halogens is 1. The van der Waals surface area contributed by atoms with Crippen LogP contribution in [0.15, 0.2) is 30.5 Å². The SMILES string of the molecule is COc1ccc(OC)c(CCNC(=S)Nc2nnccc2Cl)c1. The predicted octanol–water partition coefficient (Wildman–Crippen LogP) is 2.68. The third-order valence-corrected chi connectivity index (χ3v) is 3.62. The second kappa shape index (κ2) is 8.50. The molecule has 0 bridgehead atoms. The molecule has 0 aliphatic heterocycles. The number of nitrogens with zero attached hydrogens (tertiary/aromatic N) is 2. The van der Waals surface area contributed by atoms with Crippen LogP contribution >= 0.6 is 23.8 Å². The summed E-state index contributed by atoms with van der Waals surface area (Å²) in [7, 11) is 3.27. The van der Waals surface area contributed by atoms with Gasteiger partial charge in [-0.05, 0) is 48.5 Å². The molecule has 1 heterocycles. The van der Waals surface area contributed by atoms with E-state index in [0.29, 0.717) is 22.5 Å². The van der Waals surface area contributed by atoms with Crippen LogP contribution in [0.25, 0.3) is 0 Å². The summed E-state index contributed by atoms with van der Waals surface area (Å²) >= 11 is 11.2. The van der Waals surface area contributed by atoms with E-state index in [0.717, 1.165) is 23.5 Å². The molecule has 6 nitrogen and oxygen atoms in total. The highest BCUT2D eigenvalue weighted by atomic mass is 35.5. The maximum atomic E-state index is 5.99. The second-order valence-corrected chi connectivity index (χ2v) is 5.35. The Bertz CT molecular complexity index is 684. The molecule has 2 N–H and O–H groups in total. The summed E-state index contributed by atoms with van der Waals surface area (Å²) < 4.78 is 10.6. The minimum absolute atomic E-state index is 0.422. The molecule has 1 aromatic carbocycles. The van der Waals surface area contributed by atoms with Gasteiger partial charge in [0.15, 0.2) is 10.9 Å². The summed E-state index contributed by atoms with van der Waals surface area (Å²) in [5.74, 6) is 2.02. The van der Waals surface area contributed by atoms with Gasteiger partial charge in [0, 0.05) is 6.54 Å². The van der Waals surface area contributed by atoms with E-state index in [-0.39, 0.29) is 0 Å². The van der Waals surface area contributed by atoms with Gasteiger partial charge < -0.3 is 20.1 Å². The van der Waals surface area contributed by atoms with Crippen LogP contribution in [0.5, 0.6) is 11.5 Å². The van der Waals surface area contributed by atoms with Crippen molar-refractivity contribution in [3.8, 4) is 11.5 Å². The van der Waals surface area contributed by atoms with Gasteiger partial charge in [-0.1, -0.05) is 11.6 Å². The third-order valence-electron chi connectivity index (χ3n) is 3.07. The van der Waals surface area contributed by atoms with Gasteiger partial charge in [0.25, 0.3) is 0 Å². The molecule has 1 aromatic heterocycles.